The molecule has 0 aliphatic heterocycles. The molecule has 0 radical (unpaired) electrons. The van der Waals surface area contributed by atoms with Gasteiger partial charge in [-0.1, -0.05) is 12.1 Å². The zero-order valence-electron chi connectivity index (χ0n) is 9.01. The Kier molecular flexibility index (Phi) is 3.33. The summed E-state index contributed by atoms with van der Waals surface area (Å²) in [7, 11) is 0. The van der Waals surface area contributed by atoms with Gasteiger partial charge >= 0.3 is 6.18 Å². The van der Waals surface area contributed by atoms with E-state index in [-0.39, 0.29) is 0 Å². The number of nitrogens with zero attached hydrogens (tertiary/aromatic N) is 1. The predicted octanol–water partition coefficient (Wildman–Crippen LogP) is 2.26. The maximum atomic E-state index is 11.9. The minimum absolute atomic E-state index is 0.295. The number of H-pyrrole nitrogens is 1. The third-order valence-corrected chi connectivity index (χ3v) is 2.47. The van der Waals surface area contributed by atoms with Crippen molar-refractivity contribution in [3.05, 3.63) is 30.0 Å². The highest BCUT2D eigenvalue weighted by atomic mass is 19.4. The van der Waals surface area contributed by atoms with Gasteiger partial charge in [-0.25, -0.2) is 0 Å². The molecule has 17 heavy (non-hydrogen) atoms. The van der Waals surface area contributed by atoms with Crippen LogP contribution in [0.25, 0.3) is 10.9 Å². The second-order valence-corrected chi connectivity index (χ2v) is 3.79. The van der Waals surface area contributed by atoms with Gasteiger partial charge in [-0.15, -0.1) is 0 Å². The van der Waals surface area contributed by atoms with Gasteiger partial charge in [0.25, 0.3) is 0 Å². The summed E-state index contributed by atoms with van der Waals surface area (Å²) in [5.74, 6) is 0. The van der Waals surface area contributed by atoms with Gasteiger partial charge in [0.1, 0.15) is 0 Å². The highest BCUT2D eigenvalue weighted by Gasteiger charge is 2.25. The van der Waals surface area contributed by atoms with Gasteiger partial charge in [0, 0.05) is 5.39 Å². The summed E-state index contributed by atoms with van der Waals surface area (Å²) in [4.78, 5) is 0. The summed E-state index contributed by atoms with van der Waals surface area (Å²) in [6.45, 7) is -0.655. The van der Waals surface area contributed by atoms with E-state index in [1.54, 1.807) is 6.20 Å². The quantitative estimate of drug-likeness (QED) is 0.809. The normalized spacial score (nSPS) is 12.2. The van der Waals surface area contributed by atoms with E-state index in [1.165, 1.54) is 0 Å². The number of aromatic amines is 1. The van der Waals surface area contributed by atoms with Crippen molar-refractivity contribution >= 4 is 10.9 Å². The Bertz CT molecular complexity index is 490. The third kappa shape index (κ3) is 3.20. The number of hydrogen-bond acceptors (Lipinski definition) is 2. The Balaban J connectivity index is 1.93. The molecule has 1 aromatic carbocycles. The summed E-state index contributed by atoms with van der Waals surface area (Å²) >= 11 is 0. The van der Waals surface area contributed by atoms with Crippen LogP contribution < -0.4 is 5.32 Å². The molecule has 1 aromatic heterocycles. The maximum Gasteiger partial charge on any atom is 0.401 e. The van der Waals surface area contributed by atoms with Crippen LogP contribution in [0.3, 0.4) is 0 Å². The lowest BCUT2D eigenvalue weighted by Gasteiger charge is -2.08. The van der Waals surface area contributed by atoms with E-state index in [2.05, 4.69) is 15.5 Å². The van der Waals surface area contributed by atoms with E-state index >= 15 is 0 Å². The van der Waals surface area contributed by atoms with Crippen LogP contribution in [0.5, 0.6) is 0 Å². The summed E-state index contributed by atoms with van der Waals surface area (Å²) in [6, 6.07) is 5.64. The molecular formula is C11H12F3N3. The molecule has 0 spiro atoms. The van der Waals surface area contributed by atoms with Gasteiger partial charge in [0.2, 0.25) is 0 Å². The zero-order chi connectivity index (χ0) is 12.3. The van der Waals surface area contributed by atoms with Crippen molar-refractivity contribution in [2.24, 2.45) is 0 Å². The molecule has 0 aliphatic rings. The highest BCUT2D eigenvalue weighted by Crippen LogP contribution is 2.16. The monoisotopic (exact) mass is 243 g/mol. The number of rotatable bonds is 4. The van der Waals surface area contributed by atoms with Crippen LogP contribution in [-0.4, -0.2) is 29.5 Å². The summed E-state index contributed by atoms with van der Waals surface area (Å²) in [5, 5.41) is 10.1. The summed E-state index contributed by atoms with van der Waals surface area (Å²) in [5.41, 5.74) is 1.89. The lowest BCUT2D eigenvalue weighted by atomic mass is 10.1. The standard InChI is InChI=1S/C11H12F3N3/c12-11(13,14)7-15-5-4-8-2-1-3-10-9(8)6-16-17-10/h1-3,6,15H,4-5,7H2,(H,16,17). The Labute approximate surface area is 96.0 Å². The Morgan fingerprint density at radius 1 is 1.29 bits per heavy atom. The first-order valence-electron chi connectivity index (χ1n) is 5.25. The smallest absolute Gasteiger partial charge is 0.308 e. The van der Waals surface area contributed by atoms with Crippen molar-refractivity contribution in [2.75, 3.05) is 13.1 Å². The van der Waals surface area contributed by atoms with Gasteiger partial charge in [0.05, 0.1) is 18.3 Å². The minimum atomic E-state index is -4.15. The number of halogens is 3. The Hall–Kier alpha value is -1.56. The van der Waals surface area contributed by atoms with E-state index in [0.29, 0.717) is 13.0 Å². The molecule has 0 unspecified atom stereocenters. The van der Waals surface area contributed by atoms with Crippen molar-refractivity contribution in [3.8, 4) is 0 Å². The topological polar surface area (TPSA) is 40.7 Å². The first-order chi connectivity index (χ1) is 8.06. The van der Waals surface area contributed by atoms with E-state index in [1.807, 2.05) is 18.2 Å². The molecule has 0 aliphatic carbocycles. The van der Waals surface area contributed by atoms with Crippen LogP contribution in [0.1, 0.15) is 5.56 Å². The van der Waals surface area contributed by atoms with Crippen LogP contribution in [0.4, 0.5) is 13.2 Å². The molecular weight excluding hydrogens is 231 g/mol. The molecule has 0 saturated carbocycles. The largest absolute Gasteiger partial charge is 0.401 e. The molecule has 3 nitrogen and oxygen atoms in total. The van der Waals surface area contributed by atoms with E-state index in [4.69, 9.17) is 0 Å². The Morgan fingerprint density at radius 2 is 2.12 bits per heavy atom. The van der Waals surface area contributed by atoms with E-state index < -0.39 is 12.7 Å². The predicted molar refractivity (Wildman–Crippen MR) is 58.7 cm³/mol. The molecule has 0 amide bonds. The fourth-order valence-corrected chi connectivity index (χ4v) is 1.70. The van der Waals surface area contributed by atoms with Crippen LogP contribution in [-0.2, 0) is 6.42 Å². The number of fused-ring (bicyclic) bond motifs is 1. The van der Waals surface area contributed by atoms with Gasteiger partial charge < -0.3 is 5.32 Å². The fraction of sp³-hybridized carbons (Fsp3) is 0.364. The molecule has 0 bridgehead atoms. The first-order valence-corrected chi connectivity index (χ1v) is 5.25. The van der Waals surface area contributed by atoms with E-state index in [0.717, 1.165) is 16.5 Å². The first kappa shape index (κ1) is 11.9. The lowest BCUT2D eigenvalue weighted by Crippen LogP contribution is -2.30. The highest BCUT2D eigenvalue weighted by molar-refractivity contribution is 5.81. The molecule has 1 heterocycles. The summed E-state index contributed by atoms with van der Waals surface area (Å²) < 4.78 is 35.7. The molecule has 0 saturated heterocycles. The molecule has 6 heteroatoms. The third-order valence-electron chi connectivity index (χ3n) is 2.47. The van der Waals surface area contributed by atoms with Gasteiger partial charge in [-0.05, 0) is 24.6 Å². The fourth-order valence-electron chi connectivity index (χ4n) is 1.70. The number of alkyl halides is 3. The van der Waals surface area contributed by atoms with Crippen LogP contribution in [0, 0.1) is 0 Å². The van der Waals surface area contributed by atoms with Gasteiger partial charge in [0.15, 0.2) is 0 Å². The minimum Gasteiger partial charge on any atom is -0.308 e. The lowest BCUT2D eigenvalue weighted by molar-refractivity contribution is -0.124. The Morgan fingerprint density at radius 3 is 2.88 bits per heavy atom. The van der Waals surface area contributed by atoms with Gasteiger partial charge in [-0.2, -0.15) is 18.3 Å². The van der Waals surface area contributed by atoms with Crippen molar-refractivity contribution in [1.82, 2.24) is 15.5 Å². The van der Waals surface area contributed by atoms with Crippen LogP contribution in [0.15, 0.2) is 24.4 Å². The number of aromatic nitrogens is 2. The average Bonchev–Trinajstić information content (AvgIpc) is 2.71. The molecule has 2 aromatic rings. The van der Waals surface area contributed by atoms with Crippen molar-refractivity contribution in [3.63, 3.8) is 0 Å². The van der Waals surface area contributed by atoms with Crippen molar-refractivity contribution < 1.29 is 13.2 Å². The number of hydrogen-bond donors (Lipinski definition) is 2. The number of nitrogens with one attached hydrogen (secondary N) is 2. The molecule has 0 fully saturated rings. The van der Waals surface area contributed by atoms with Crippen LogP contribution >= 0.6 is 0 Å². The number of benzene rings is 1. The zero-order valence-corrected chi connectivity index (χ0v) is 9.01. The molecule has 2 N–H and O–H groups in total. The maximum absolute atomic E-state index is 11.9. The summed E-state index contributed by atoms with van der Waals surface area (Å²) in [6.07, 6.45) is -1.91. The molecule has 2 rings (SSSR count). The average molecular weight is 243 g/mol. The van der Waals surface area contributed by atoms with Gasteiger partial charge in [-0.3, -0.25) is 5.10 Å². The van der Waals surface area contributed by atoms with E-state index in [9.17, 15) is 13.2 Å². The van der Waals surface area contributed by atoms with Crippen LogP contribution in [0.2, 0.25) is 0 Å². The van der Waals surface area contributed by atoms with Crippen molar-refractivity contribution in [1.29, 1.82) is 0 Å². The van der Waals surface area contributed by atoms with Crippen molar-refractivity contribution in [2.45, 2.75) is 12.6 Å². The SMILES string of the molecule is FC(F)(F)CNCCc1cccc2[nH]ncc12. The second kappa shape index (κ2) is 4.75. The molecule has 92 valence electrons. The second-order valence-electron chi connectivity index (χ2n) is 3.79. The molecule has 0 atom stereocenters.